The highest BCUT2D eigenvalue weighted by Gasteiger charge is 2.12. The van der Waals surface area contributed by atoms with E-state index in [2.05, 4.69) is 39.9 Å². The molecule has 0 aliphatic heterocycles. The van der Waals surface area contributed by atoms with E-state index in [9.17, 15) is 0 Å². The first kappa shape index (κ1) is 13.4. The van der Waals surface area contributed by atoms with Crippen LogP contribution in [0.25, 0.3) is 11.5 Å². The first-order valence-corrected chi connectivity index (χ1v) is 7.40. The standard InChI is InChI=1S/C12H14BrN3OS/c1-7(2)18-6-11-15-12(17-16-11)9-4-3-8(13)5-10(9)14/h3-5,7H,6,14H2,1-2H3. The van der Waals surface area contributed by atoms with Crippen LogP contribution in [-0.4, -0.2) is 15.4 Å². The molecule has 2 N–H and O–H groups in total. The number of hydrogen-bond acceptors (Lipinski definition) is 5. The molecule has 18 heavy (non-hydrogen) atoms. The molecule has 2 rings (SSSR count). The molecule has 0 fully saturated rings. The highest BCUT2D eigenvalue weighted by Crippen LogP contribution is 2.27. The van der Waals surface area contributed by atoms with Crippen LogP contribution in [0, 0.1) is 0 Å². The Bertz CT molecular complexity index is 542. The molecule has 0 spiro atoms. The highest BCUT2D eigenvalue weighted by molar-refractivity contribution is 9.10. The first-order valence-electron chi connectivity index (χ1n) is 5.56. The molecule has 4 nitrogen and oxygen atoms in total. The number of nitrogens with two attached hydrogens (primary N) is 1. The van der Waals surface area contributed by atoms with Crippen LogP contribution in [-0.2, 0) is 5.75 Å². The van der Waals surface area contributed by atoms with Crippen molar-refractivity contribution in [3.8, 4) is 11.5 Å². The Hall–Kier alpha value is -1.01. The van der Waals surface area contributed by atoms with Crippen molar-refractivity contribution in [2.75, 3.05) is 5.73 Å². The Labute approximate surface area is 118 Å². The summed E-state index contributed by atoms with van der Waals surface area (Å²) in [6.45, 7) is 4.27. The minimum absolute atomic E-state index is 0.472. The van der Waals surface area contributed by atoms with Gasteiger partial charge < -0.3 is 10.3 Å². The molecule has 1 aromatic carbocycles. The van der Waals surface area contributed by atoms with Crippen LogP contribution in [0.3, 0.4) is 0 Å². The maximum atomic E-state index is 5.92. The van der Waals surface area contributed by atoms with Crippen molar-refractivity contribution in [3.05, 3.63) is 28.5 Å². The van der Waals surface area contributed by atoms with E-state index < -0.39 is 0 Å². The topological polar surface area (TPSA) is 64.9 Å². The lowest BCUT2D eigenvalue weighted by Gasteiger charge is -2.00. The first-order chi connectivity index (χ1) is 8.56. The number of anilines is 1. The van der Waals surface area contributed by atoms with Crippen LogP contribution in [0.4, 0.5) is 5.69 Å². The predicted octanol–water partition coefficient (Wildman–Crippen LogP) is 3.72. The van der Waals surface area contributed by atoms with E-state index >= 15 is 0 Å². The quantitative estimate of drug-likeness (QED) is 0.867. The normalized spacial score (nSPS) is 11.1. The Morgan fingerprint density at radius 2 is 2.22 bits per heavy atom. The number of halogens is 1. The highest BCUT2D eigenvalue weighted by atomic mass is 79.9. The number of nitrogen functional groups attached to an aromatic ring is 1. The van der Waals surface area contributed by atoms with Crippen LogP contribution < -0.4 is 5.73 Å². The van der Waals surface area contributed by atoms with E-state index in [0.717, 1.165) is 15.8 Å². The molecule has 0 atom stereocenters. The van der Waals surface area contributed by atoms with E-state index in [4.69, 9.17) is 10.3 Å². The summed E-state index contributed by atoms with van der Waals surface area (Å²) in [6.07, 6.45) is 0. The molecule has 0 unspecified atom stereocenters. The molecule has 0 bridgehead atoms. The van der Waals surface area contributed by atoms with Crippen LogP contribution in [0.1, 0.15) is 19.7 Å². The molecular weight excluding hydrogens is 314 g/mol. The Morgan fingerprint density at radius 3 is 2.89 bits per heavy atom. The van der Waals surface area contributed by atoms with Crippen molar-refractivity contribution in [1.29, 1.82) is 0 Å². The minimum atomic E-state index is 0.472. The van der Waals surface area contributed by atoms with Crippen molar-refractivity contribution in [3.63, 3.8) is 0 Å². The second kappa shape index (κ2) is 5.75. The van der Waals surface area contributed by atoms with Gasteiger partial charge >= 0.3 is 0 Å². The summed E-state index contributed by atoms with van der Waals surface area (Å²) >= 11 is 5.14. The Kier molecular flexibility index (Phi) is 4.29. The Morgan fingerprint density at radius 1 is 1.44 bits per heavy atom. The van der Waals surface area contributed by atoms with Gasteiger partial charge in [-0.3, -0.25) is 0 Å². The molecule has 0 radical (unpaired) electrons. The smallest absolute Gasteiger partial charge is 0.260 e. The molecule has 96 valence electrons. The molecule has 0 aliphatic carbocycles. The van der Waals surface area contributed by atoms with Crippen LogP contribution in [0.5, 0.6) is 0 Å². The molecule has 0 saturated carbocycles. The lowest BCUT2D eigenvalue weighted by molar-refractivity contribution is 0.425. The Balaban J connectivity index is 2.18. The zero-order valence-electron chi connectivity index (χ0n) is 10.2. The summed E-state index contributed by atoms with van der Waals surface area (Å²) in [6, 6.07) is 5.59. The van der Waals surface area contributed by atoms with Crippen LogP contribution >= 0.6 is 27.7 Å². The molecule has 1 heterocycles. The maximum Gasteiger partial charge on any atom is 0.260 e. The van der Waals surface area contributed by atoms with Gasteiger partial charge in [0.25, 0.3) is 5.89 Å². The van der Waals surface area contributed by atoms with Crippen molar-refractivity contribution in [2.24, 2.45) is 0 Å². The maximum absolute atomic E-state index is 5.92. The van der Waals surface area contributed by atoms with Gasteiger partial charge in [-0.1, -0.05) is 34.9 Å². The number of benzene rings is 1. The van der Waals surface area contributed by atoms with Gasteiger partial charge in [-0.2, -0.15) is 16.7 Å². The van der Waals surface area contributed by atoms with E-state index in [-0.39, 0.29) is 0 Å². The van der Waals surface area contributed by atoms with Gasteiger partial charge in [-0.15, -0.1) is 0 Å². The summed E-state index contributed by atoms with van der Waals surface area (Å²) in [4.78, 5) is 4.35. The van der Waals surface area contributed by atoms with Gasteiger partial charge in [0.2, 0.25) is 0 Å². The number of nitrogens with zero attached hydrogens (tertiary/aromatic N) is 2. The monoisotopic (exact) mass is 327 g/mol. The average molecular weight is 328 g/mol. The van der Waals surface area contributed by atoms with Gasteiger partial charge in [0.1, 0.15) is 0 Å². The fourth-order valence-electron chi connectivity index (χ4n) is 1.39. The summed E-state index contributed by atoms with van der Waals surface area (Å²) < 4.78 is 6.16. The molecule has 1 aromatic heterocycles. The SMILES string of the molecule is CC(C)SCc1noc(-c2ccc(Br)cc2N)n1. The third-order valence-electron chi connectivity index (χ3n) is 2.26. The lowest BCUT2D eigenvalue weighted by atomic mass is 10.2. The summed E-state index contributed by atoms with van der Waals surface area (Å²) in [5.74, 6) is 1.92. The fourth-order valence-corrected chi connectivity index (χ4v) is 2.37. The molecule has 6 heteroatoms. The van der Waals surface area contributed by atoms with Crippen LogP contribution in [0.15, 0.2) is 27.2 Å². The molecule has 0 saturated heterocycles. The zero-order valence-corrected chi connectivity index (χ0v) is 12.6. The summed E-state index contributed by atoms with van der Waals surface area (Å²) in [5, 5.41) is 4.50. The van der Waals surface area contributed by atoms with Gasteiger partial charge in [0, 0.05) is 10.2 Å². The third kappa shape index (κ3) is 3.26. The van der Waals surface area contributed by atoms with Gasteiger partial charge in [0.15, 0.2) is 5.82 Å². The van der Waals surface area contributed by atoms with Gasteiger partial charge in [-0.25, -0.2) is 0 Å². The number of aromatic nitrogens is 2. The van der Waals surface area contributed by atoms with Crippen molar-refractivity contribution < 1.29 is 4.52 Å². The largest absolute Gasteiger partial charge is 0.398 e. The van der Waals surface area contributed by atoms with Crippen molar-refractivity contribution >= 4 is 33.4 Å². The average Bonchev–Trinajstić information content (AvgIpc) is 2.75. The third-order valence-corrected chi connectivity index (χ3v) is 3.84. The lowest BCUT2D eigenvalue weighted by Crippen LogP contribution is -1.92. The number of hydrogen-bond donors (Lipinski definition) is 1. The predicted molar refractivity (Wildman–Crippen MR) is 78.3 cm³/mol. The second-order valence-corrected chi connectivity index (χ2v) is 6.59. The second-order valence-electron chi connectivity index (χ2n) is 4.11. The van der Waals surface area contributed by atoms with E-state index in [1.165, 1.54) is 0 Å². The zero-order chi connectivity index (χ0) is 13.1. The van der Waals surface area contributed by atoms with Crippen molar-refractivity contribution in [2.45, 2.75) is 24.9 Å². The fraction of sp³-hybridized carbons (Fsp3) is 0.333. The van der Waals surface area contributed by atoms with E-state index in [1.807, 2.05) is 18.2 Å². The molecule has 0 aliphatic rings. The van der Waals surface area contributed by atoms with Gasteiger partial charge in [0.05, 0.1) is 11.3 Å². The molecular formula is C12H14BrN3OS. The molecule has 2 aromatic rings. The van der Waals surface area contributed by atoms with Crippen molar-refractivity contribution in [1.82, 2.24) is 10.1 Å². The summed E-state index contributed by atoms with van der Waals surface area (Å²) in [7, 11) is 0. The van der Waals surface area contributed by atoms with E-state index in [0.29, 0.717) is 22.7 Å². The number of rotatable bonds is 4. The van der Waals surface area contributed by atoms with E-state index in [1.54, 1.807) is 11.8 Å². The van der Waals surface area contributed by atoms with Gasteiger partial charge in [-0.05, 0) is 23.4 Å². The summed E-state index contributed by atoms with van der Waals surface area (Å²) in [5.41, 5.74) is 7.31. The minimum Gasteiger partial charge on any atom is -0.398 e. The van der Waals surface area contributed by atoms with Crippen LogP contribution in [0.2, 0.25) is 0 Å². The number of thioether (sulfide) groups is 1. The molecule has 0 amide bonds.